The maximum Gasteiger partial charge on any atom is 0.0945 e. The minimum absolute atomic E-state index is 0. The first kappa shape index (κ1) is 20.5. The van der Waals surface area contributed by atoms with Crippen molar-refractivity contribution < 1.29 is 5.11 Å². The second kappa shape index (κ2) is 8.82. The van der Waals surface area contributed by atoms with Crippen molar-refractivity contribution in [3.05, 3.63) is 83.7 Å². The minimum atomic E-state index is 0. The molecule has 144 valence electrons. The predicted molar refractivity (Wildman–Crippen MR) is 120 cm³/mol. The van der Waals surface area contributed by atoms with Crippen LogP contribution in [0.15, 0.2) is 71.8 Å². The van der Waals surface area contributed by atoms with E-state index in [1.54, 1.807) is 11.8 Å². The second-order valence-corrected chi connectivity index (χ2v) is 7.46. The average Bonchev–Trinajstić information content (AvgIpc) is 3.00. The number of hydrogen-bond acceptors (Lipinski definition) is 3. The van der Waals surface area contributed by atoms with Gasteiger partial charge in [-0.25, -0.2) is 0 Å². The number of nitrogens with zero attached hydrogens (tertiary/aromatic N) is 2. The molecule has 3 nitrogen and oxygen atoms in total. The molecule has 4 rings (SSSR count). The van der Waals surface area contributed by atoms with Crippen LogP contribution in [0.25, 0.3) is 22.2 Å². The first-order valence-electron chi connectivity index (χ1n) is 8.99. The second-order valence-electron chi connectivity index (χ2n) is 6.58. The zero-order valence-electron chi connectivity index (χ0n) is 15.9. The van der Waals surface area contributed by atoms with E-state index in [1.807, 2.05) is 18.3 Å². The number of benzene rings is 2. The van der Waals surface area contributed by atoms with Crippen LogP contribution in [-0.4, -0.2) is 20.9 Å². The van der Waals surface area contributed by atoms with Crippen LogP contribution in [0, 0.1) is 6.92 Å². The van der Waals surface area contributed by atoms with Gasteiger partial charge in [0.1, 0.15) is 0 Å². The third-order valence-electron chi connectivity index (χ3n) is 5.07. The third-order valence-corrected chi connectivity index (χ3v) is 5.81. The molecule has 0 bridgehead atoms. The molecule has 0 aliphatic carbocycles. The van der Waals surface area contributed by atoms with Crippen LogP contribution < -0.4 is 0 Å². The van der Waals surface area contributed by atoms with Crippen molar-refractivity contribution in [2.75, 3.05) is 6.26 Å². The number of aliphatic hydroxyl groups is 1. The van der Waals surface area contributed by atoms with Crippen LogP contribution in [0.5, 0.6) is 0 Å². The summed E-state index contributed by atoms with van der Waals surface area (Å²) >= 11 is 1.73. The molecule has 2 aromatic carbocycles. The van der Waals surface area contributed by atoms with E-state index >= 15 is 0 Å². The fourth-order valence-corrected chi connectivity index (χ4v) is 4.03. The predicted octanol–water partition coefficient (Wildman–Crippen LogP) is 5.70. The summed E-state index contributed by atoms with van der Waals surface area (Å²) < 4.78 is 2.28. The SMILES string of the molecule is CSc1ccc(-c2nccc3c(CO)c(C)n(Cc4ccccc4)c23)cc1.Cl. The van der Waals surface area contributed by atoms with E-state index in [-0.39, 0.29) is 19.0 Å². The van der Waals surface area contributed by atoms with Crippen LogP contribution in [0.2, 0.25) is 0 Å². The van der Waals surface area contributed by atoms with Gasteiger partial charge in [-0.15, -0.1) is 24.2 Å². The van der Waals surface area contributed by atoms with E-state index in [9.17, 15) is 5.11 Å². The fourth-order valence-electron chi connectivity index (χ4n) is 3.62. The molecular weight excluding hydrogens is 388 g/mol. The molecule has 5 heteroatoms. The topological polar surface area (TPSA) is 38.1 Å². The Morgan fingerprint density at radius 2 is 1.71 bits per heavy atom. The number of aromatic nitrogens is 2. The van der Waals surface area contributed by atoms with Crippen LogP contribution in [0.4, 0.5) is 0 Å². The van der Waals surface area contributed by atoms with Gasteiger partial charge in [0.15, 0.2) is 0 Å². The maximum atomic E-state index is 9.99. The first-order chi connectivity index (χ1) is 13.2. The van der Waals surface area contributed by atoms with Crippen molar-refractivity contribution >= 4 is 35.1 Å². The normalized spacial score (nSPS) is 10.8. The highest BCUT2D eigenvalue weighted by Crippen LogP contribution is 2.34. The van der Waals surface area contributed by atoms with Gasteiger partial charge < -0.3 is 9.67 Å². The summed E-state index contributed by atoms with van der Waals surface area (Å²) in [4.78, 5) is 5.95. The Labute approximate surface area is 175 Å². The van der Waals surface area contributed by atoms with E-state index in [1.165, 1.54) is 10.5 Å². The van der Waals surface area contributed by atoms with Crippen molar-refractivity contribution in [3.63, 3.8) is 0 Å². The van der Waals surface area contributed by atoms with Crippen LogP contribution in [0.1, 0.15) is 16.8 Å². The molecular formula is C23H23ClN2OS. The molecule has 0 saturated heterocycles. The van der Waals surface area contributed by atoms with E-state index in [0.717, 1.165) is 40.0 Å². The Hall–Kier alpha value is -2.27. The van der Waals surface area contributed by atoms with Gasteiger partial charge in [0.2, 0.25) is 0 Å². The lowest BCUT2D eigenvalue weighted by molar-refractivity contribution is 0.282. The zero-order valence-corrected chi connectivity index (χ0v) is 17.6. The zero-order chi connectivity index (χ0) is 18.8. The highest BCUT2D eigenvalue weighted by molar-refractivity contribution is 7.98. The minimum Gasteiger partial charge on any atom is -0.392 e. The lowest BCUT2D eigenvalue weighted by Gasteiger charge is -2.12. The van der Waals surface area contributed by atoms with Crippen LogP contribution in [-0.2, 0) is 13.2 Å². The average molecular weight is 411 g/mol. The van der Waals surface area contributed by atoms with Gasteiger partial charge in [0.05, 0.1) is 17.8 Å². The van der Waals surface area contributed by atoms with Gasteiger partial charge in [-0.05, 0) is 36.9 Å². The van der Waals surface area contributed by atoms with E-state index in [0.29, 0.717) is 0 Å². The molecule has 0 radical (unpaired) electrons. The molecule has 0 fully saturated rings. The molecule has 0 saturated carbocycles. The Bertz CT molecular complexity index is 1080. The van der Waals surface area contributed by atoms with Gasteiger partial charge in [0.25, 0.3) is 0 Å². The van der Waals surface area contributed by atoms with E-state index in [2.05, 4.69) is 66.3 Å². The number of rotatable bonds is 5. The molecule has 0 spiro atoms. The van der Waals surface area contributed by atoms with Crippen molar-refractivity contribution in [2.45, 2.75) is 25.0 Å². The number of hydrogen-bond donors (Lipinski definition) is 1. The van der Waals surface area contributed by atoms with Gasteiger partial charge >= 0.3 is 0 Å². The number of thioether (sulfide) groups is 1. The quantitative estimate of drug-likeness (QED) is 0.429. The third kappa shape index (κ3) is 3.68. The summed E-state index contributed by atoms with van der Waals surface area (Å²) in [6.07, 6.45) is 3.92. The molecule has 28 heavy (non-hydrogen) atoms. The van der Waals surface area contributed by atoms with Gasteiger partial charge in [-0.3, -0.25) is 4.98 Å². The van der Waals surface area contributed by atoms with Crippen molar-refractivity contribution in [2.24, 2.45) is 0 Å². The largest absolute Gasteiger partial charge is 0.392 e. The summed E-state index contributed by atoms with van der Waals surface area (Å²) in [5.41, 5.74) is 6.43. The van der Waals surface area contributed by atoms with E-state index < -0.39 is 0 Å². The van der Waals surface area contributed by atoms with Crippen LogP contribution >= 0.6 is 24.2 Å². The smallest absolute Gasteiger partial charge is 0.0945 e. The maximum absolute atomic E-state index is 9.99. The molecule has 0 unspecified atom stereocenters. The molecule has 0 amide bonds. The van der Waals surface area contributed by atoms with E-state index in [4.69, 9.17) is 4.98 Å². The Kier molecular flexibility index (Phi) is 6.45. The van der Waals surface area contributed by atoms with Crippen molar-refractivity contribution in [3.8, 4) is 11.3 Å². The Morgan fingerprint density at radius 1 is 1.00 bits per heavy atom. The highest BCUT2D eigenvalue weighted by atomic mass is 35.5. The van der Waals surface area contributed by atoms with Crippen molar-refractivity contribution in [1.82, 2.24) is 9.55 Å². The lowest BCUT2D eigenvalue weighted by atomic mass is 10.1. The highest BCUT2D eigenvalue weighted by Gasteiger charge is 2.18. The van der Waals surface area contributed by atoms with Gasteiger partial charge in [-0.1, -0.05) is 42.5 Å². The fraction of sp³-hybridized carbons (Fsp3) is 0.174. The Morgan fingerprint density at radius 3 is 2.36 bits per heavy atom. The summed E-state index contributed by atoms with van der Waals surface area (Å²) in [6.45, 7) is 2.86. The number of halogens is 1. The Balaban J connectivity index is 0.00000225. The van der Waals surface area contributed by atoms with Crippen molar-refractivity contribution in [1.29, 1.82) is 0 Å². The number of aliphatic hydroxyl groups excluding tert-OH is 1. The summed E-state index contributed by atoms with van der Waals surface area (Å²) in [5.74, 6) is 0. The van der Waals surface area contributed by atoms with Gasteiger partial charge in [0, 0.05) is 39.8 Å². The molecule has 0 atom stereocenters. The molecule has 4 aromatic rings. The first-order valence-corrected chi connectivity index (χ1v) is 10.2. The standard InChI is InChI=1S/C23H22N2OS.ClH/c1-16-21(15-26)20-12-13-24-22(18-8-10-19(27-2)11-9-18)23(20)25(16)14-17-6-4-3-5-7-17;/h3-13,26H,14-15H2,1-2H3;1H. The molecule has 2 aromatic heterocycles. The number of pyridine rings is 1. The molecule has 1 N–H and O–H groups in total. The molecule has 2 heterocycles. The summed E-state index contributed by atoms with van der Waals surface area (Å²) in [6, 6.07) is 20.9. The molecule has 0 aliphatic heterocycles. The summed E-state index contributed by atoms with van der Waals surface area (Å²) in [5, 5.41) is 11.1. The number of fused-ring (bicyclic) bond motifs is 1. The van der Waals surface area contributed by atoms with Crippen LogP contribution in [0.3, 0.4) is 0 Å². The summed E-state index contributed by atoms with van der Waals surface area (Å²) in [7, 11) is 0. The van der Waals surface area contributed by atoms with Gasteiger partial charge in [-0.2, -0.15) is 0 Å². The monoisotopic (exact) mass is 410 g/mol. The lowest BCUT2D eigenvalue weighted by Crippen LogP contribution is -2.03. The molecule has 0 aliphatic rings.